The predicted octanol–water partition coefficient (Wildman–Crippen LogP) is 2.77. The number of rotatable bonds is 4. The third-order valence-electron chi connectivity index (χ3n) is 4.58. The molecule has 23 heavy (non-hydrogen) atoms. The second kappa shape index (κ2) is 6.54. The minimum atomic E-state index is -0.172. The Morgan fingerprint density at radius 2 is 2.00 bits per heavy atom. The smallest absolute Gasteiger partial charge is 0.273 e. The predicted molar refractivity (Wildman–Crippen MR) is 89.2 cm³/mol. The number of hydrogen-bond donors (Lipinski definition) is 2. The normalized spacial score (nSPS) is 17.0. The van der Waals surface area contributed by atoms with E-state index >= 15 is 0 Å². The summed E-state index contributed by atoms with van der Waals surface area (Å²) in [7, 11) is 0. The van der Waals surface area contributed by atoms with E-state index in [-0.39, 0.29) is 11.3 Å². The Bertz CT molecular complexity index is 670. The van der Waals surface area contributed by atoms with Gasteiger partial charge in [-0.3, -0.25) is 4.79 Å². The summed E-state index contributed by atoms with van der Waals surface area (Å²) in [5.41, 5.74) is 2.53. The van der Waals surface area contributed by atoms with Gasteiger partial charge in [0.25, 0.3) is 5.91 Å². The quantitative estimate of drug-likeness (QED) is 0.911. The van der Waals surface area contributed by atoms with Gasteiger partial charge in [-0.25, -0.2) is 4.98 Å². The van der Waals surface area contributed by atoms with Crippen LogP contribution in [0.1, 0.15) is 35.8 Å². The maximum absolute atomic E-state index is 12.5. The van der Waals surface area contributed by atoms with Crippen LogP contribution in [0.5, 0.6) is 0 Å². The van der Waals surface area contributed by atoms with Crippen LogP contribution < -0.4 is 10.6 Å². The molecule has 1 aromatic carbocycles. The molecule has 1 aromatic heterocycles. The molecule has 1 saturated heterocycles. The van der Waals surface area contributed by atoms with Gasteiger partial charge in [-0.05, 0) is 38.3 Å². The number of nitrogens with one attached hydrogen (secondary N) is 2. The van der Waals surface area contributed by atoms with E-state index in [0.29, 0.717) is 18.0 Å². The molecule has 1 aliphatic rings. The fraction of sp³-hybridized carbons (Fsp3) is 0.444. The first-order valence-electron chi connectivity index (χ1n) is 8.07. The van der Waals surface area contributed by atoms with Gasteiger partial charge in [-0.2, -0.15) is 0 Å². The molecule has 5 heteroatoms. The summed E-state index contributed by atoms with van der Waals surface area (Å²) in [4.78, 5) is 16.6. The maximum Gasteiger partial charge on any atom is 0.273 e. The Balaban J connectivity index is 1.71. The summed E-state index contributed by atoms with van der Waals surface area (Å²) < 4.78 is 5.45. The first kappa shape index (κ1) is 15.7. The van der Waals surface area contributed by atoms with Crippen LogP contribution in [-0.4, -0.2) is 30.5 Å². The molecule has 2 aromatic rings. The first-order valence-corrected chi connectivity index (χ1v) is 8.07. The number of oxazole rings is 1. The maximum atomic E-state index is 12.5. The molecule has 2 N–H and O–H groups in total. The van der Waals surface area contributed by atoms with Crippen LogP contribution in [0.3, 0.4) is 0 Å². The Kier molecular flexibility index (Phi) is 4.48. The largest absolute Gasteiger partial charge is 0.443 e. The standard InChI is InChI=1S/C18H23N3O2/c1-13-3-5-14(6-4-13)16-15(21-12-23-16)17(22)20-11-18(2)7-9-19-10-8-18/h3-6,12,19H,7-11H2,1-2H3,(H,20,22). The highest BCUT2D eigenvalue weighted by atomic mass is 16.3. The zero-order valence-corrected chi connectivity index (χ0v) is 13.7. The second-order valence-corrected chi connectivity index (χ2v) is 6.64. The summed E-state index contributed by atoms with van der Waals surface area (Å²) in [6.45, 7) is 6.92. The van der Waals surface area contributed by atoms with E-state index in [1.54, 1.807) is 0 Å². The van der Waals surface area contributed by atoms with E-state index in [4.69, 9.17) is 4.42 Å². The van der Waals surface area contributed by atoms with Crippen LogP contribution in [0.2, 0.25) is 0 Å². The van der Waals surface area contributed by atoms with Gasteiger partial charge in [0.15, 0.2) is 17.8 Å². The van der Waals surface area contributed by atoms with Crippen LogP contribution in [0.15, 0.2) is 35.1 Å². The van der Waals surface area contributed by atoms with Crippen molar-refractivity contribution in [2.45, 2.75) is 26.7 Å². The van der Waals surface area contributed by atoms with Gasteiger partial charge in [-0.15, -0.1) is 0 Å². The third kappa shape index (κ3) is 3.62. The van der Waals surface area contributed by atoms with Crippen molar-refractivity contribution in [2.75, 3.05) is 19.6 Å². The molecule has 5 nitrogen and oxygen atoms in total. The van der Waals surface area contributed by atoms with Crippen LogP contribution in [0.25, 0.3) is 11.3 Å². The number of benzene rings is 1. The molecule has 0 atom stereocenters. The van der Waals surface area contributed by atoms with E-state index in [2.05, 4.69) is 22.5 Å². The first-order chi connectivity index (χ1) is 11.1. The van der Waals surface area contributed by atoms with Crippen molar-refractivity contribution < 1.29 is 9.21 Å². The zero-order valence-electron chi connectivity index (χ0n) is 13.7. The van der Waals surface area contributed by atoms with Gasteiger partial charge in [-0.1, -0.05) is 36.8 Å². The molecule has 0 saturated carbocycles. The monoisotopic (exact) mass is 313 g/mol. The number of aromatic nitrogens is 1. The molecule has 0 aliphatic carbocycles. The van der Waals surface area contributed by atoms with Crippen LogP contribution in [0, 0.1) is 12.3 Å². The van der Waals surface area contributed by atoms with Gasteiger partial charge in [0, 0.05) is 12.1 Å². The Morgan fingerprint density at radius 3 is 2.70 bits per heavy atom. The number of carbonyl (C=O) groups is 1. The van der Waals surface area contributed by atoms with Gasteiger partial charge in [0.05, 0.1) is 0 Å². The molecule has 2 heterocycles. The molecule has 1 amide bonds. The highest BCUT2D eigenvalue weighted by Gasteiger charge is 2.28. The van der Waals surface area contributed by atoms with E-state index in [0.717, 1.165) is 37.1 Å². The van der Waals surface area contributed by atoms with Crippen molar-refractivity contribution in [3.05, 3.63) is 41.9 Å². The van der Waals surface area contributed by atoms with Gasteiger partial charge >= 0.3 is 0 Å². The Labute approximate surface area is 136 Å². The van der Waals surface area contributed by atoms with Crippen molar-refractivity contribution in [3.63, 3.8) is 0 Å². The van der Waals surface area contributed by atoms with Crippen LogP contribution in [0.4, 0.5) is 0 Å². The van der Waals surface area contributed by atoms with Crippen molar-refractivity contribution in [2.24, 2.45) is 5.41 Å². The van der Waals surface area contributed by atoms with Crippen LogP contribution >= 0.6 is 0 Å². The minimum Gasteiger partial charge on any atom is -0.443 e. The lowest BCUT2D eigenvalue weighted by Crippen LogP contribution is -2.43. The number of nitrogens with zero attached hydrogens (tertiary/aromatic N) is 1. The fourth-order valence-corrected chi connectivity index (χ4v) is 2.90. The van der Waals surface area contributed by atoms with Gasteiger partial charge in [0.1, 0.15) is 0 Å². The highest BCUT2D eigenvalue weighted by molar-refractivity contribution is 5.97. The molecule has 0 spiro atoms. The fourth-order valence-electron chi connectivity index (χ4n) is 2.90. The summed E-state index contributed by atoms with van der Waals surface area (Å²) in [5.74, 6) is 0.354. The zero-order chi connectivity index (χ0) is 16.3. The van der Waals surface area contributed by atoms with E-state index in [9.17, 15) is 4.79 Å². The molecule has 0 radical (unpaired) electrons. The number of aryl methyl sites for hydroxylation is 1. The number of piperidine rings is 1. The average molecular weight is 313 g/mol. The van der Waals surface area contributed by atoms with E-state index in [1.165, 1.54) is 6.39 Å². The molecule has 3 rings (SSSR count). The third-order valence-corrected chi connectivity index (χ3v) is 4.58. The van der Waals surface area contributed by atoms with Gasteiger partial charge in [0.2, 0.25) is 0 Å². The molecule has 1 fully saturated rings. The molecule has 122 valence electrons. The van der Waals surface area contributed by atoms with Crippen molar-refractivity contribution >= 4 is 5.91 Å². The average Bonchev–Trinajstić information content (AvgIpc) is 3.04. The number of amides is 1. The molecular formula is C18H23N3O2. The van der Waals surface area contributed by atoms with E-state index < -0.39 is 0 Å². The molecular weight excluding hydrogens is 290 g/mol. The summed E-state index contributed by atoms with van der Waals surface area (Å²) >= 11 is 0. The summed E-state index contributed by atoms with van der Waals surface area (Å²) in [6, 6.07) is 7.88. The second-order valence-electron chi connectivity index (χ2n) is 6.64. The van der Waals surface area contributed by atoms with Crippen molar-refractivity contribution in [1.82, 2.24) is 15.6 Å². The minimum absolute atomic E-state index is 0.147. The lowest BCUT2D eigenvalue weighted by atomic mass is 9.81. The highest BCUT2D eigenvalue weighted by Crippen LogP contribution is 2.27. The molecule has 0 unspecified atom stereocenters. The lowest BCUT2D eigenvalue weighted by Gasteiger charge is -2.34. The Hall–Kier alpha value is -2.14. The topological polar surface area (TPSA) is 67.2 Å². The van der Waals surface area contributed by atoms with Crippen LogP contribution in [-0.2, 0) is 0 Å². The molecule has 1 aliphatic heterocycles. The summed E-state index contributed by atoms with van der Waals surface area (Å²) in [6.07, 6.45) is 3.46. The number of hydrogen-bond acceptors (Lipinski definition) is 4. The van der Waals surface area contributed by atoms with Gasteiger partial charge < -0.3 is 15.1 Å². The summed E-state index contributed by atoms with van der Waals surface area (Å²) in [5, 5.41) is 6.38. The van der Waals surface area contributed by atoms with E-state index in [1.807, 2.05) is 31.2 Å². The number of carbonyl (C=O) groups excluding carboxylic acids is 1. The lowest BCUT2D eigenvalue weighted by molar-refractivity contribution is 0.0918. The van der Waals surface area contributed by atoms with Crippen molar-refractivity contribution in [1.29, 1.82) is 0 Å². The Morgan fingerprint density at radius 1 is 1.30 bits per heavy atom. The molecule has 0 bridgehead atoms. The van der Waals surface area contributed by atoms with Crippen molar-refractivity contribution in [3.8, 4) is 11.3 Å². The SMILES string of the molecule is Cc1ccc(-c2ocnc2C(=O)NCC2(C)CCNCC2)cc1.